The maximum atomic E-state index is 12.5. The van der Waals surface area contributed by atoms with Crippen LogP contribution < -0.4 is 16.1 Å². The second kappa shape index (κ2) is 8.60. The number of rotatable bonds is 6. The van der Waals surface area contributed by atoms with Crippen molar-refractivity contribution in [3.05, 3.63) is 86.6 Å². The van der Waals surface area contributed by atoms with Gasteiger partial charge in [0.15, 0.2) is 0 Å². The maximum absolute atomic E-state index is 12.5. The van der Waals surface area contributed by atoms with Crippen molar-refractivity contribution < 1.29 is 5.11 Å². The summed E-state index contributed by atoms with van der Waals surface area (Å²) in [5, 5.41) is 10.8. The molecule has 7 nitrogen and oxygen atoms in total. The number of anilines is 1. The number of aromatic hydroxyl groups is 1. The van der Waals surface area contributed by atoms with Crippen LogP contribution in [0, 0.1) is 0 Å². The Morgan fingerprint density at radius 2 is 1.72 bits per heavy atom. The number of nitrogens with one attached hydrogen (secondary N) is 1. The fourth-order valence-electron chi connectivity index (χ4n) is 3.03. The van der Waals surface area contributed by atoms with Gasteiger partial charge in [-0.3, -0.25) is 19.3 Å². The van der Waals surface area contributed by atoms with Gasteiger partial charge in [-0.15, -0.1) is 0 Å². The number of benzene rings is 2. The molecule has 3 aromatic rings. The summed E-state index contributed by atoms with van der Waals surface area (Å²) in [6.07, 6.45) is 0.412. The van der Waals surface area contributed by atoms with Crippen LogP contribution in [0.5, 0.6) is 5.88 Å². The zero-order valence-corrected chi connectivity index (χ0v) is 16.7. The maximum Gasteiger partial charge on any atom is 0.331 e. The number of hydrogen-bond donors (Lipinski definition) is 2. The third kappa shape index (κ3) is 4.45. The molecule has 0 saturated heterocycles. The van der Waals surface area contributed by atoms with Crippen molar-refractivity contribution in [2.24, 2.45) is 4.99 Å². The number of aromatic nitrogens is 2. The minimum atomic E-state index is -0.661. The van der Waals surface area contributed by atoms with E-state index in [0.717, 1.165) is 15.8 Å². The molecule has 3 rings (SSSR count). The molecule has 150 valence electrons. The highest BCUT2D eigenvalue weighted by Gasteiger charge is 2.18. The topological polar surface area (TPSA) is 90.7 Å². The summed E-state index contributed by atoms with van der Waals surface area (Å²) in [7, 11) is 3.90. The standard InChI is InChI=1S/C22H24N4O3/c1-4-18(23-16-10-12-17(13-11-16)25(2)3)19-20(27)24-22(29)26(21(19)28)14-15-8-6-5-7-9-15/h5-13,28H,4,14H2,1-3H3,(H,24,27,29). The van der Waals surface area contributed by atoms with Gasteiger partial charge in [0.05, 0.1) is 17.9 Å². The van der Waals surface area contributed by atoms with Crippen LogP contribution in [-0.2, 0) is 6.54 Å². The predicted octanol–water partition coefficient (Wildman–Crippen LogP) is 2.89. The van der Waals surface area contributed by atoms with Crippen LogP contribution >= 0.6 is 0 Å². The molecule has 0 fully saturated rings. The SMILES string of the molecule is CCC(=Nc1ccc(N(C)C)cc1)c1c(O)n(Cc2ccccc2)c(=O)[nH]c1=O. The van der Waals surface area contributed by atoms with E-state index in [1.165, 1.54) is 0 Å². The van der Waals surface area contributed by atoms with Crippen LogP contribution in [0.4, 0.5) is 11.4 Å². The molecule has 0 radical (unpaired) electrons. The van der Waals surface area contributed by atoms with Gasteiger partial charge in [-0.25, -0.2) is 4.79 Å². The predicted molar refractivity (Wildman–Crippen MR) is 116 cm³/mol. The van der Waals surface area contributed by atoms with Gasteiger partial charge in [-0.05, 0) is 36.2 Å². The van der Waals surface area contributed by atoms with Gasteiger partial charge in [0.25, 0.3) is 5.56 Å². The van der Waals surface area contributed by atoms with Crippen LogP contribution in [0.15, 0.2) is 69.2 Å². The van der Waals surface area contributed by atoms with Crippen LogP contribution in [0.2, 0.25) is 0 Å². The first kappa shape index (κ1) is 20.1. The van der Waals surface area contributed by atoms with Gasteiger partial charge < -0.3 is 10.0 Å². The molecule has 0 unspecified atom stereocenters. The molecule has 7 heteroatoms. The molecule has 0 aliphatic carbocycles. The van der Waals surface area contributed by atoms with E-state index in [9.17, 15) is 14.7 Å². The Kier molecular flexibility index (Phi) is 5.97. The van der Waals surface area contributed by atoms with Crippen LogP contribution in [0.1, 0.15) is 24.5 Å². The van der Waals surface area contributed by atoms with Crippen LogP contribution in [-0.4, -0.2) is 34.5 Å². The molecule has 1 aromatic heterocycles. The highest BCUT2D eigenvalue weighted by molar-refractivity contribution is 6.03. The van der Waals surface area contributed by atoms with Crippen molar-refractivity contribution in [2.75, 3.05) is 19.0 Å². The van der Waals surface area contributed by atoms with E-state index in [-0.39, 0.29) is 18.0 Å². The fourth-order valence-corrected chi connectivity index (χ4v) is 3.03. The number of aliphatic imine (C=N–C) groups is 1. The minimum absolute atomic E-state index is 0.0136. The lowest BCUT2D eigenvalue weighted by Crippen LogP contribution is -2.34. The smallest absolute Gasteiger partial charge is 0.331 e. The molecule has 1 heterocycles. The Balaban J connectivity index is 2.06. The summed E-state index contributed by atoms with van der Waals surface area (Å²) in [6.45, 7) is 1.99. The molecule has 2 N–H and O–H groups in total. The summed E-state index contributed by atoms with van der Waals surface area (Å²) < 4.78 is 1.15. The zero-order chi connectivity index (χ0) is 21.0. The van der Waals surface area contributed by atoms with Gasteiger partial charge in [-0.1, -0.05) is 37.3 Å². The van der Waals surface area contributed by atoms with Crippen LogP contribution in [0.3, 0.4) is 0 Å². The lowest BCUT2D eigenvalue weighted by atomic mass is 10.1. The number of nitrogens with zero attached hydrogens (tertiary/aromatic N) is 3. The lowest BCUT2D eigenvalue weighted by Gasteiger charge is -2.13. The number of hydrogen-bond acceptors (Lipinski definition) is 5. The zero-order valence-electron chi connectivity index (χ0n) is 16.7. The fraction of sp³-hybridized carbons (Fsp3) is 0.227. The lowest BCUT2D eigenvalue weighted by molar-refractivity contribution is 0.408. The van der Waals surface area contributed by atoms with Crippen molar-refractivity contribution in [1.82, 2.24) is 9.55 Å². The first-order valence-electron chi connectivity index (χ1n) is 9.36. The molecule has 0 spiro atoms. The van der Waals surface area contributed by atoms with Crippen molar-refractivity contribution in [3.8, 4) is 5.88 Å². The van der Waals surface area contributed by atoms with E-state index in [0.29, 0.717) is 17.8 Å². The summed E-state index contributed by atoms with van der Waals surface area (Å²) in [5.41, 5.74) is 1.62. The molecule has 29 heavy (non-hydrogen) atoms. The molecule has 0 bridgehead atoms. The summed E-state index contributed by atoms with van der Waals surface area (Å²) >= 11 is 0. The summed E-state index contributed by atoms with van der Waals surface area (Å²) in [6, 6.07) is 16.8. The largest absolute Gasteiger partial charge is 0.494 e. The Morgan fingerprint density at radius 1 is 1.07 bits per heavy atom. The third-order valence-corrected chi connectivity index (χ3v) is 4.61. The van der Waals surface area contributed by atoms with E-state index in [1.807, 2.05) is 80.5 Å². The molecule has 0 aliphatic rings. The number of aromatic amines is 1. The first-order chi connectivity index (χ1) is 13.9. The second-order valence-electron chi connectivity index (χ2n) is 6.85. The van der Waals surface area contributed by atoms with Crippen molar-refractivity contribution >= 4 is 17.1 Å². The molecule has 0 atom stereocenters. The Morgan fingerprint density at radius 3 is 2.31 bits per heavy atom. The number of H-pyrrole nitrogens is 1. The summed E-state index contributed by atoms with van der Waals surface area (Å²) in [5.74, 6) is -0.381. The Hall–Kier alpha value is -3.61. The molecule has 0 saturated carbocycles. The quantitative estimate of drug-likeness (QED) is 0.631. The minimum Gasteiger partial charge on any atom is -0.494 e. The van der Waals surface area contributed by atoms with E-state index in [4.69, 9.17) is 0 Å². The summed E-state index contributed by atoms with van der Waals surface area (Å²) in [4.78, 5) is 33.6. The van der Waals surface area contributed by atoms with Crippen molar-refractivity contribution in [3.63, 3.8) is 0 Å². The van der Waals surface area contributed by atoms with Gasteiger partial charge >= 0.3 is 5.69 Å². The van der Waals surface area contributed by atoms with Crippen LogP contribution in [0.25, 0.3) is 0 Å². The second-order valence-corrected chi connectivity index (χ2v) is 6.85. The molecule has 0 amide bonds. The third-order valence-electron chi connectivity index (χ3n) is 4.61. The molecule has 2 aromatic carbocycles. The Bertz CT molecular complexity index is 1130. The Labute approximate surface area is 168 Å². The highest BCUT2D eigenvalue weighted by Crippen LogP contribution is 2.22. The average molecular weight is 392 g/mol. The van der Waals surface area contributed by atoms with Gasteiger partial charge in [0, 0.05) is 19.8 Å². The van der Waals surface area contributed by atoms with Gasteiger partial charge in [0.1, 0.15) is 5.56 Å². The van der Waals surface area contributed by atoms with E-state index < -0.39 is 11.2 Å². The van der Waals surface area contributed by atoms with Gasteiger partial charge in [0.2, 0.25) is 5.88 Å². The van der Waals surface area contributed by atoms with Crippen molar-refractivity contribution in [2.45, 2.75) is 19.9 Å². The highest BCUT2D eigenvalue weighted by atomic mass is 16.3. The van der Waals surface area contributed by atoms with E-state index >= 15 is 0 Å². The molecular formula is C22H24N4O3. The van der Waals surface area contributed by atoms with Crippen molar-refractivity contribution in [1.29, 1.82) is 0 Å². The first-order valence-corrected chi connectivity index (χ1v) is 9.36. The van der Waals surface area contributed by atoms with Gasteiger partial charge in [-0.2, -0.15) is 0 Å². The monoisotopic (exact) mass is 392 g/mol. The van der Waals surface area contributed by atoms with E-state index in [2.05, 4.69) is 9.98 Å². The molecular weight excluding hydrogens is 368 g/mol. The molecule has 0 aliphatic heterocycles. The van der Waals surface area contributed by atoms with E-state index in [1.54, 1.807) is 0 Å². The normalized spacial score (nSPS) is 11.5. The average Bonchev–Trinajstić information content (AvgIpc) is 2.71.